The summed E-state index contributed by atoms with van der Waals surface area (Å²) in [6, 6.07) is 9.40. The molecule has 0 aliphatic rings. The van der Waals surface area contributed by atoms with Crippen LogP contribution < -0.4 is 9.47 Å². The van der Waals surface area contributed by atoms with Gasteiger partial charge < -0.3 is 14.6 Å². The van der Waals surface area contributed by atoms with Gasteiger partial charge in [0.2, 0.25) is 0 Å². The molecule has 0 aliphatic heterocycles. The molecule has 19 heavy (non-hydrogen) atoms. The number of phenols is 1. The number of ether oxygens (including phenoxy) is 2. The second-order valence-corrected chi connectivity index (χ2v) is 4.44. The number of benzene rings is 2. The van der Waals surface area contributed by atoms with E-state index in [2.05, 4.69) is 0 Å². The normalized spacial score (nSPS) is 10.3. The van der Waals surface area contributed by atoms with E-state index in [-0.39, 0.29) is 5.75 Å². The van der Waals surface area contributed by atoms with Gasteiger partial charge in [-0.05, 0) is 31.0 Å². The molecule has 100 valence electrons. The smallest absolute Gasteiger partial charge is 0.165 e. The molecule has 0 fully saturated rings. The molecule has 0 radical (unpaired) electrons. The number of para-hydroxylation sites is 1. The van der Waals surface area contributed by atoms with Crippen molar-refractivity contribution >= 4 is 0 Å². The van der Waals surface area contributed by atoms with Gasteiger partial charge in [-0.2, -0.15) is 0 Å². The first-order chi connectivity index (χ1) is 9.10. The van der Waals surface area contributed by atoms with Crippen molar-refractivity contribution in [2.75, 3.05) is 14.2 Å². The Morgan fingerprint density at radius 1 is 0.895 bits per heavy atom. The van der Waals surface area contributed by atoms with Crippen LogP contribution in [0.5, 0.6) is 17.2 Å². The average molecular weight is 258 g/mol. The standard InChI is InChI=1S/C16H18O3/c1-10-8-9-13(16(19-4)11(10)2)12-6-5-7-14(18-3)15(12)17/h5-9,17H,1-4H3. The Morgan fingerprint density at radius 3 is 2.26 bits per heavy atom. The molecule has 0 unspecified atom stereocenters. The molecule has 0 atom stereocenters. The van der Waals surface area contributed by atoms with Crippen LogP contribution in [-0.2, 0) is 0 Å². The van der Waals surface area contributed by atoms with Crippen LogP contribution in [0.15, 0.2) is 30.3 Å². The predicted molar refractivity (Wildman–Crippen MR) is 76.1 cm³/mol. The molecular formula is C16H18O3. The summed E-state index contributed by atoms with van der Waals surface area (Å²) in [5, 5.41) is 10.2. The van der Waals surface area contributed by atoms with Gasteiger partial charge in [0.25, 0.3) is 0 Å². The van der Waals surface area contributed by atoms with Crippen LogP contribution in [0.4, 0.5) is 0 Å². The van der Waals surface area contributed by atoms with Gasteiger partial charge in [-0.25, -0.2) is 0 Å². The highest BCUT2D eigenvalue weighted by Crippen LogP contribution is 2.42. The van der Waals surface area contributed by atoms with Crippen LogP contribution in [0, 0.1) is 13.8 Å². The molecule has 2 aromatic carbocycles. The highest BCUT2D eigenvalue weighted by molar-refractivity contribution is 5.79. The highest BCUT2D eigenvalue weighted by atomic mass is 16.5. The van der Waals surface area contributed by atoms with Crippen LogP contribution in [0.25, 0.3) is 11.1 Å². The van der Waals surface area contributed by atoms with E-state index in [0.29, 0.717) is 11.3 Å². The van der Waals surface area contributed by atoms with Crippen molar-refractivity contribution in [1.29, 1.82) is 0 Å². The fourth-order valence-electron chi connectivity index (χ4n) is 2.17. The van der Waals surface area contributed by atoms with Gasteiger partial charge in [-0.1, -0.05) is 24.3 Å². The van der Waals surface area contributed by atoms with Crippen LogP contribution in [0.1, 0.15) is 11.1 Å². The Balaban J connectivity index is 2.69. The first-order valence-electron chi connectivity index (χ1n) is 6.10. The largest absolute Gasteiger partial charge is 0.504 e. The zero-order valence-electron chi connectivity index (χ0n) is 11.7. The lowest BCUT2D eigenvalue weighted by Gasteiger charge is -2.15. The van der Waals surface area contributed by atoms with E-state index >= 15 is 0 Å². The van der Waals surface area contributed by atoms with E-state index in [0.717, 1.165) is 22.4 Å². The molecule has 0 saturated heterocycles. The molecule has 3 nitrogen and oxygen atoms in total. The molecule has 0 spiro atoms. The topological polar surface area (TPSA) is 38.7 Å². The van der Waals surface area contributed by atoms with Gasteiger partial charge in [-0.15, -0.1) is 0 Å². The lowest BCUT2D eigenvalue weighted by Crippen LogP contribution is -1.94. The molecule has 2 rings (SSSR count). The van der Waals surface area contributed by atoms with Crippen LogP contribution in [-0.4, -0.2) is 19.3 Å². The maximum Gasteiger partial charge on any atom is 0.165 e. The number of rotatable bonds is 3. The number of hydrogen-bond acceptors (Lipinski definition) is 3. The van der Waals surface area contributed by atoms with Crippen molar-refractivity contribution in [3.63, 3.8) is 0 Å². The van der Waals surface area contributed by atoms with Crippen LogP contribution >= 0.6 is 0 Å². The van der Waals surface area contributed by atoms with E-state index in [1.54, 1.807) is 13.2 Å². The third-order valence-corrected chi connectivity index (χ3v) is 3.39. The number of methoxy groups -OCH3 is 2. The number of hydrogen-bond donors (Lipinski definition) is 1. The molecule has 0 saturated carbocycles. The van der Waals surface area contributed by atoms with Crippen molar-refractivity contribution in [1.82, 2.24) is 0 Å². The Labute approximate surface area is 113 Å². The van der Waals surface area contributed by atoms with Crippen LogP contribution in [0.3, 0.4) is 0 Å². The summed E-state index contributed by atoms with van der Waals surface area (Å²) in [4.78, 5) is 0. The lowest BCUT2D eigenvalue weighted by molar-refractivity contribution is 0.374. The van der Waals surface area contributed by atoms with Gasteiger partial charge in [0.1, 0.15) is 5.75 Å². The lowest BCUT2D eigenvalue weighted by atomic mass is 9.98. The fraction of sp³-hybridized carbons (Fsp3) is 0.250. The Hall–Kier alpha value is -2.16. The predicted octanol–water partition coefficient (Wildman–Crippen LogP) is 3.69. The summed E-state index contributed by atoms with van der Waals surface area (Å²) in [5.74, 6) is 1.37. The number of phenolic OH excluding ortho intramolecular Hbond substituents is 1. The summed E-state index contributed by atoms with van der Waals surface area (Å²) < 4.78 is 10.6. The monoisotopic (exact) mass is 258 g/mol. The molecule has 0 heterocycles. The van der Waals surface area contributed by atoms with E-state index in [1.807, 2.05) is 38.1 Å². The SMILES string of the molecule is COc1cccc(-c2ccc(C)c(C)c2OC)c1O. The van der Waals surface area contributed by atoms with Crippen molar-refractivity contribution in [2.45, 2.75) is 13.8 Å². The van der Waals surface area contributed by atoms with Gasteiger partial charge in [0.15, 0.2) is 11.5 Å². The molecule has 3 heteroatoms. The summed E-state index contributed by atoms with van der Waals surface area (Å²) in [7, 11) is 3.18. The minimum Gasteiger partial charge on any atom is -0.504 e. The molecule has 0 bridgehead atoms. The second kappa shape index (κ2) is 5.22. The Kier molecular flexibility index (Phi) is 3.65. The molecule has 1 N–H and O–H groups in total. The first kappa shape index (κ1) is 13.3. The Morgan fingerprint density at radius 2 is 1.63 bits per heavy atom. The quantitative estimate of drug-likeness (QED) is 0.912. The first-order valence-corrected chi connectivity index (χ1v) is 6.10. The summed E-state index contributed by atoms with van der Waals surface area (Å²) in [6.07, 6.45) is 0. The molecular weight excluding hydrogens is 240 g/mol. The van der Waals surface area contributed by atoms with Gasteiger partial charge in [-0.3, -0.25) is 0 Å². The van der Waals surface area contributed by atoms with E-state index in [9.17, 15) is 5.11 Å². The molecule has 2 aromatic rings. The van der Waals surface area contributed by atoms with Gasteiger partial charge >= 0.3 is 0 Å². The van der Waals surface area contributed by atoms with Crippen molar-refractivity contribution in [3.05, 3.63) is 41.5 Å². The molecule has 0 amide bonds. The zero-order chi connectivity index (χ0) is 14.0. The van der Waals surface area contributed by atoms with Crippen molar-refractivity contribution < 1.29 is 14.6 Å². The van der Waals surface area contributed by atoms with E-state index < -0.39 is 0 Å². The maximum absolute atomic E-state index is 10.2. The summed E-state index contributed by atoms with van der Waals surface area (Å²) >= 11 is 0. The van der Waals surface area contributed by atoms with Crippen molar-refractivity contribution in [2.24, 2.45) is 0 Å². The number of aryl methyl sites for hydroxylation is 1. The minimum absolute atomic E-state index is 0.131. The third kappa shape index (κ3) is 2.24. The zero-order valence-corrected chi connectivity index (χ0v) is 11.7. The minimum atomic E-state index is 0.131. The van der Waals surface area contributed by atoms with Gasteiger partial charge in [0.05, 0.1) is 14.2 Å². The van der Waals surface area contributed by atoms with E-state index in [1.165, 1.54) is 7.11 Å². The van der Waals surface area contributed by atoms with Crippen LogP contribution in [0.2, 0.25) is 0 Å². The van der Waals surface area contributed by atoms with Gasteiger partial charge in [0, 0.05) is 11.1 Å². The summed E-state index contributed by atoms with van der Waals surface area (Å²) in [6.45, 7) is 4.04. The number of aromatic hydroxyl groups is 1. The third-order valence-electron chi connectivity index (χ3n) is 3.39. The molecule has 0 aromatic heterocycles. The molecule has 0 aliphatic carbocycles. The highest BCUT2D eigenvalue weighted by Gasteiger charge is 2.15. The maximum atomic E-state index is 10.2. The average Bonchev–Trinajstić information content (AvgIpc) is 2.42. The fourth-order valence-corrected chi connectivity index (χ4v) is 2.17. The van der Waals surface area contributed by atoms with E-state index in [4.69, 9.17) is 9.47 Å². The van der Waals surface area contributed by atoms with Crippen molar-refractivity contribution in [3.8, 4) is 28.4 Å². The second-order valence-electron chi connectivity index (χ2n) is 4.44. The Bertz CT molecular complexity index is 603. The summed E-state index contributed by atoms with van der Waals surface area (Å²) in [5.41, 5.74) is 3.80.